The maximum Gasteiger partial charge on any atom is 0.138 e. The Bertz CT molecular complexity index is 511. The summed E-state index contributed by atoms with van der Waals surface area (Å²) in [5, 5.41) is 6.07. The molecule has 1 N–H and O–H groups in total. The highest BCUT2D eigenvalue weighted by Crippen LogP contribution is 2.26. The lowest BCUT2D eigenvalue weighted by molar-refractivity contribution is 0.310. The molecule has 2 rings (SSSR count). The lowest BCUT2D eigenvalue weighted by Crippen LogP contribution is -2.21. The van der Waals surface area contributed by atoms with Crippen molar-refractivity contribution in [2.45, 2.75) is 33.0 Å². The van der Waals surface area contributed by atoms with Crippen LogP contribution in [0.1, 0.15) is 24.3 Å². The molecule has 2 aromatic rings. The summed E-state index contributed by atoms with van der Waals surface area (Å²) in [6.07, 6.45) is 0. The van der Waals surface area contributed by atoms with Crippen LogP contribution in [0, 0.1) is 0 Å². The van der Waals surface area contributed by atoms with E-state index in [1.54, 1.807) is 11.3 Å². The van der Waals surface area contributed by atoms with Crippen LogP contribution >= 0.6 is 22.9 Å². The van der Waals surface area contributed by atoms with Crippen LogP contribution in [-0.2, 0) is 13.2 Å². The first kappa shape index (κ1) is 14.4. The molecular formula is C15H18ClNOS. The number of benzene rings is 1. The van der Waals surface area contributed by atoms with Gasteiger partial charge in [0.15, 0.2) is 0 Å². The van der Waals surface area contributed by atoms with Gasteiger partial charge in [-0.1, -0.05) is 37.6 Å². The van der Waals surface area contributed by atoms with E-state index in [4.69, 9.17) is 16.3 Å². The number of hydrogen-bond donors (Lipinski definition) is 1. The molecule has 102 valence electrons. The van der Waals surface area contributed by atoms with Crippen LogP contribution in [0.4, 0.5) is 0 Å². The molecule has 0 fully saturated rings. The summed E-state index contributed by atoms with van der Waals surface area (Å²) in [6, 6.07) is 10.5. The van der Waals surface area contributed by atoms with Gasteiger partial charge in [0.25, 0.3) is 0 Å². The summed E-state index contributed by atoms with van der Waals surface area (Å²) in [5.74, 6) is 0.739. The highest BCUT2D eigenvalue weighted by atomic mass is 35.5. The molecule has 0 saturated carbocycles. The molecule has 0 atom stereocenters. The van der Waals surface area contributed by atoms with E-state index in [1.165, 1.54) is 10.4 Å². The van der Waals surface area contributed by atoms with Gasteiger partial charge >= 0.3 is 0 Å². The van der Waals surface area contributed by atoms with Crippen molar-refractivity contribution in [1.29, 1.82) is 0 Å². The Morgan fingerprint density at radius 1 is 1.32 bits per heavy atom. The molecule has 0 spiro atoms. The quantitative estimate of drug-likeness (QED) is 0.848. The Hall–Kier alpha value is -1.03. The lowest BCUT2D eigenvalue weighted by Gasteiger charge is -2.11. The van der Waals surface area contributed by atoms with E-state index in [1.807, 2.05) is 29.6 Å². The largest absolute Gasteiger partial charge is 0.487 e. The van der Waals surface area contributed by atoms with Crippen molar-refractivity contribution in [2.24, 2.45) is 0 Å². The zero-order chi connectivity index (χ0) is 13.7. The smallest absolute Gasteiger partial charge is 0.138 e. The summed E-state index contributed by atoms with van der Waals surface area (Å²) < 4.78 is 5.72. The Labute approximate surface area is 123 Å². The van der Waals surface area contributed by atoms with Crippen LogP contribution in [0.25, 0.3) is 0 Å². The van der Waals surface area contributed by atoms with Crippen molar-refractivity contribution < 1.29 is 4.74 Å². The van der Waals surface area contributed by atoms with Gasteiger partial charge in [0, 0.05) is 17.5 Å². The third-order valence-corrected chi connectivity index (χ3v) is 3.81. The first-order chi connectivity index (χ1) is 9.15. The second-order valence-electron chi connectivity index (χ2n) is 4.67. The van der Waals surface area contributed by atoms with Crippen molar-refractivity contribution in [1.82, 2.24) is 5.32 Å². The van der Waals surface area contributed by atoms with E-state index in [9.17, 15) is 0 Å². The zero-order valence-electron chi connectivity index (χ0n) is 11.2. The minimum atomic E-state index is 0.466. The molecule has 0 aliphatic carbocycles. The van der Waals surface area contributed by atoms with Gasteiger partial charge in [0.05, 0.1) is 5.02 Å². The fourth-order valence-electron chi connectivity index (χ4n) is 1.64. The summed E-state index contributed by atoms with van der Waals surface area (Å²) in [7, 11) is 0. The maximum atomic E-state index is 6.24. The Morgan fingerprint density at radius 2 is 2.16 bits per heavy atom. The van der Waals surface area contributed by atoms with E-state index < -0.39 is 0 Å². The molecule has 0 amide bonds. The fraction of sp³-hybridized carbons (Fsp3) is 0.333. The third-order valence-electron chi connectivity index (χ3n) is 2.66. The number of hydrogen-bond acceptors (Lipinski definition) is 3. The predicted octanol–water partition coefficient (Wildman–Crippen LogP) is 4.48. The van der Waals surface area contributed by atoms with Gasteiger partial charge in [-0.3, -0.25) is 0 Å². The second-order valence-corrected chi connectivity index (χ2v) is 6.11. The molecule has 0 aliphatic rings. The van der Waals surface area contributed by atoms with Crippen molar-refractivity contribution in [3.8, 4) is 5.75 Å². The summed E-state index contributed by atoms with van der Waals surface area (Å²) >= 11 is 7.92. The predicted molar refractivity (Wildman–Crippen MR) is 82.1 cm³/mol. The molecule has 1 heterocycles. The Morgan fingerprint density at radius 3 is 2.79 bits per heavy atom. The minimum absolute atomic E-state index is 0.466. The second kappa shape index (κ2) is 6.94. The topological polar surface area (TPSA) is 21.3 Å². The molecule has 0 aliphatic heterocycles. The molecule has 19 heavy (non-hydrogen) atoms. The standard InChI is InChI=1S/C15H18ClNOS/c1-11(2)17-9-12-5-6-15(14(16)8-12)18-10-13-4-3-7-19-13/h3-8,11,17H,9-10H2,1-2H3. The molecule has 0 saturated heterocycles. The van der Waals surface area contributed by atoms with Crippen molar-refractivity contribution in [3.63, 3.8) is 0 Å². The summed E-state index contributed by atoms with van der Waals surface area (Å²) in [4.78, 5) is 1.20. The van der Waals surface area contributed by atoms with Gasteiger partial charge in [-0.05, 0) is 29.1 Å². The Kier molecular flexibility index (Phi) is 5.25. The number of thiophene rings is 1. The van der Waals surface area contributed by atoms with E-state index in [2.05, 4.69) is 25.2 Å². The first-order valence-electron chi connectivity index (χ1n) is 6.32. The van der Waals surface area contributed by atoms with Crippen LogP contribution < -0.4 is 10.1 Å². The SMILES string of the molecule is CC(C)NCc1ccc(OCc2cccs2)c(Cl)c1. The molecule has 1 aromatic heterocycles. The molecule has 0 radical (unpaired) electrons. The normalized spacial score (nSPS) is 10.9. The van der Waals surface area contributed by atoms with Gasteiger partial charge in [0.1, 0.15) is 12.4 Å². The summed E-state index contributed by atoms with van der Waals surface area (Å²) in [5.41, 5.74) is 1.17. The van der Waals surface area contributed by atoms with Crippen LogP contribution in [0.5, 0.6) is 5.75 Å². The number of halogens is 1. The molecule has 2 nitrogen and oxygen atoms in total. The van der Waals surface area contributed by atoms with Gasteiger partial charge < -0.3 is 10.1 Å². The van der Waals surface area contributed by atoms with Crippen molar-refractivity contribution in [3.05, 3.63) is 51.2 Å². The van der Waals surface area contributed by atoms with Crippen LogP contribution in [0.15, 0.2) is 35.7 Å². The van der Waals surface area contributed by atoms with Crippen LogP contribution in [-0.4, -0.2) is 6.04 Å². The lowest BCUT2D eigenvalue weighted by atomic mass is 10.2. The van der Waals surface area contributed by atoms with E-state index in [-0.39, 0.29) is 0 Å². The fourth-order valence-corrected chi connectivity index (χ4v) is 2.51. The highest BCUT2D eigenvalue weighted by Gasteiger charge is 2.04. The van der Waals surface area contributed by atoms with Gasteiger partial charge in [0.2, 0.25) is 0 Å². The summed E-state index contributed by atoms with van der Waals surface area (Å²) in [6.45, 7) is 5.64. The van der Waals surface area contributed by atoms with E-state index in [0.717, 1.165) is 12.3 Å². The third kappa shape index (κ3) is 4.53. The zero-order valence-corrected chi connectivity index (χ0v) is 12.7. The van der Waals surface area contributed by atoms with Crippen molar-refractivity contribution in [2.75, 3.05) is 0 Å². The van der Waals surface area contributed by atoms with E-state index in [0.29, 0.717) is 17.7 Å². The Balaban J connectivity index is 1.94. The number of rotatable bonds is 6. The minimum Gasteiger partial charge on any atom is -0.487 e. The molecule has 1 aromatic carbocycles. The number of nitrogens with one attached hydrogen (secondary N) is 1. The van der Waals surface area contributed by atoms with Crippen LogP contribution in [0.3, 0.4) is 0 Å². The average Bonchev–Trinajstić information content (AvgIpc) is 2.88. The van der Waals surface area contributed by atoms with Gasteiger partial charge in [-0.25, -0.2) is 0 Å². The molecule has 0 bridgehead atoms. The van der Waals surface area contributed by atoms with Crippen LogP contribution in [0.2, 0.25) is 5.02 Å². The van der Waals surface area contributed by atoms with Gasteiger partial charge in [-0.15, -0.1) is 11.3 Å². The average molecular weight is 296 g/mol. The van der Waals surface area contributed by atoms with Crippen molar-refractivity contribution >= 4 is 22.9 Å². The highest BCUT2D eigenvalue weighted by molar-refractivity contribution is 7.09. The monoisotopic (exact) mass is 295 g/mol. The maximum absolute atomic E-state index is 6.24. The van der Waals surface area contributed by atoms with Gasteiger partial charge in [-0.2, -0.15) is 0 Å². The van der Waals surface area contributed by atoms with E-state index >= 15 is 0 Å². The molecule has 4 heteroatoms. The molecule has 0 unspecified atom stereocenters. The molecular weight excluding hydrogens is 278 g/mol. The number of ether oxygens (including phenoxy) is 1. The first-order valence-corrected chi connectivity index (χ1v) is 7.58.